The van der Waals surface area contributed by atoms with Crippen molar-refractivity contribution in [3.05, 3.63) is 129 Å². The van der Waals surface area contributed by atoms with Crippen molar-refractivity contribution < 1.29 is 19.4 Å². The van der Waals surface area contributed by atoms with Crippen molar-refractivity contribution in [1.29, 1.82) is 0 Å². The van der Waals surface area contributed by atoms with Crippen LogP contribution in [0.3, 0.4) is 0 Å². The summed E-state index contributed by atoms with van der Waals surface area (Å²) < 4.78 is 12.2. The second kappa shape index (κ2) is 16.9. The number of carboxylic acid groups (broad SMARTS) is 1. The van der Waals surface area contributed by atoms with Crippen LogP contribution in [-0.4, -0.2) is 41.8 Å². The number of hydrogen-bond acceptors (Lipinski definition) is 5. The third-order valence-electron chi connectivity index (χ3n) is 7.32. The van der Waals surface area contributed by atoms with Gasteiger partial charge in [0.15, 0.2) is 0 Å². The molecule has 0 bridgehead atoms. The molecule has 0 saturated carbocycles. The number of aryl methyl sites for hydroxylation is 4. The summed E-state index contributed by atoms with van der Waals surface area (Å²) in [5.41, 5.74) is 14.5. The molecule has 0 aliphatic carbocycles. The van der Waals surface area contributed by atoms with Gasteiger partial charge in [-0.15, -0.1) is 0 Å². The fourth-order valence-corrected chi connectivity index (χ4v) is 5.29. The van der Waals surface area contributed by atoms with Crippen molar-refractivity contribution in [2.24, 2.45) is 5.73 Å². The molecule has 0 aliphatic rings. The van der Waals surface area contributed by atoms with E-state index >= 15 is 0 Å². The second-order valence-electron chi connectivity index (χ2n) is 11.6. The van der Waals surface area contributed by atoms with Crippen molar-refractivity contribution in [3.8, 4) is 35.2 Å². The van der Waals surface area contributed by atoms with E-state index in [1.807, 2.05) is 48.5 Å². The van der Waals surface area contributed by atoms with Crippen LogP contribution in [0.4, 0.5) is 0 Å². The molecule has 0 fully saturated rings. The normalized spacial score (nSPS) is 11.2. The van der Waals surface area contributed by atoms with E-state index in [4.69, 9.17) is 15.2 Å². The molecule has 1 atom stereocenters. The lowest BCUT2D eigenvalue weighted by atomic mass is 10.1. The molecule has 4 aromatic rings. The standard InChI is InChI=1S/C40H42N2O4/c1-29-21-30(2)24-33(23-29)11-9-19-45-38-15-7-5-13-35(38)27-42(18-17-37(41)40(43)44)28-36-14-6-8-16-39(36)46-20-10-12-34-25-31(3)22-32(4)26-34/h5-8,13-16,21-26,37H,17-20,27-28,41H2,1-4H3,(H,43,44)/t37-/m0/s1. The molecule has 0 aliphatic heterocycles. The molecule has 4 aromatic carbocycles. The summed E-state index contributed by atoms with van der Waals surface area (Å²) in [5.74, 6) is 13.1. The molecular formula is C40H42N2O4. The number of rotatable bonds is 12. The van der Waals surface area contributed by atoms with E-state index in [0.717, 1.165) is 33.8 Å². The smallest absolute Gasteiger partial charge is 0.320 e. The van der Waals surface area contributed by atoms with E-state index in [-0.39, 0.29) is 13.2 Å². The largest absolute Gasteiger partial charge is 0.481 e. The number of nitrogens with two attached hydrogens (primary N) is 1. The molecule has 6 nitrogen and oxygen atoms in total. The Morgan fingerprint density at radius 2 is 1.13 bits per heavy atom. The van der Waals surface area contributed by atoms with Crippen LogP contribution in [0.2, 0.25) is 0 Å². The zero-order valence-electron chi connectivity index (χ0n) is 27.1. The average molecular weight is 615 g/mol. The maximum absolute atomic E-state index is 11.5. The van der Waals surface area contributed by atoms with E-state index in [9.17, 15) is 9.90 Å². The fraction of sp³-hybridized carbons (Fsp3) is 0.275. The van der Waals surface area contributed by atoms with Gasteiger partial charge in [-0.3, -0.25) is 9.69 Å². The van der Waals surface area contributed by atoms with Gasteiger partial charge in [-0.1, -0.05) is 72.2 Å². The highest BCUT2D eigenvalue weighted by molar-refractivity contribution is 5.73. The Kier molecular flexibility index (Phi) is 12.4. The molecule has 6 heteroatoms. The van der Waals surface area contributed by atoms with Gasteiger partial charge in [-0.2, -0.15) is 0 Å². The summed E-state index contributed by atoms with van der Waals surface area (Å²) in [7, 11) is 0. The predicted octanol–water partition coefficient (Wildman–Crippen LogP) is 6.59. The minimum absolute atomic E-state index is 0.244. The van der Waals surface area contributed by atoms with Gasteiger partial charge in [-0.25, -0.2) is 0 Å². The Morgan fingerprint density at radius 3 is 1.54 bits per heavy atom. The van der Waals surface area contributed by atoms with Crippen LogP contribution < -0.4 is 15.2 Å². The zero-order chi connectivity index (χ0) is 32.9. The average Bonchev–Trinajstić information content (AvgIpc) is 3.00. The highest BCUT2D eigenvalue weighted by atomic mass is 16.5. The minimum Gasteiger partial charge on any atom is -0.481 e. The van der Waals surface area contributed by atoms with Crippen LogP contribution in [0.5, 0.6) is 11.5 Å². The lowest BCUT2D eigenvalue weighted by Crippen LogP contribution is -2.35. The number of carboxylic acids is 1. The number of hydrogen-bond donors (Lipinski definition) is 2. The molecule has 0 unspecified atom stereocenters. The van der Waals surface area contributed by atoms with Crippen molar-refractivity contribution in [3.63, 3.8) is 0 Å². The van der Waals surface area contributed by atoms with Gasteiger partial charge in [-0.05, 0) is 92.8 Å². The highest BCUT2D eigenvalue weighted by Gasteiger charge is 2.17. The topological polar surface area (TPSA) is 85.0 Å². The van der Waals surface area contributed by atoms with Crippen molar-refractivity contribution in [2.75, 3.05) is 19.8 Å². The molecule has 0 heterocycles. The van der Waals surface area contributed by atoms with Crippen LogP contribution >= 0.6 is 0 Å². The van der Waals surface area contributed by atoms with E-state index in [1.54, 1.807) is 0 Å². The number of benzene rings is 4. The van der Waals surface area contributed by atoms with Crippen molar-refractivity contribution >= 4 is 5.97 Å². The Morgan fingerprint density at radius 1 is 0.717 bits per heavy atom. The summed E-state index contributed by atoms with van der Waals surface area (Å²) >= 11 is 0. The summed E-state index contributed by atoms with van der Waals surface area (Å²) in [4.78, 5) is 13.7. The van der Waals surface area contributed by atoms with Gasteiger partial charge in [0.25, 0.3) is 0 Å². The minimum atomic E-state index is -1.02. The molecule has 0 spiro atoms. The molecule has 4 rings (SSSR count). The quantitative estimate of drug-likeness (QED) is 0.175. The molecule has 0 amide bonds. The number of para-hydroxylation sites is 2. The maximum Gasteiger partial charge on any atom is 0.320 e. The van der Waals surface area contributed by atoms with E-state index < -0.39 is 12.0 Å². The monoisotopic (exact) mass is 614 g/mol. The first-order chi connectivity index (χ1) is 22.2. The van der Waals surface area contributed by atoms with Gasteiger partial charge in [0, 0.05) is 41.9 Å². The van der Waals surface area contributed by atoms with E-state index in [2.05, 4.69) is 92.7 Å². The fourth-order valence-electron chi connectivity index (χ4n) is 5.29. The Bertz CT molecular complexity index is 1610. The van der Waals surface area contributed by atoms with E-state index in [0.29, 0.717) is 26.1 Å². The van der Waals surface area contributed by atoms with Gasteiger partial charge < -0.3 is 20.3 Å². The number of carbonyl (C=O) groups is 1. The lowest BCUT2D eigenvalue weighted by molar-refractivity contribution is -0.138. The lowest BCUT2D eigenvalue weighted by Gasteiger charge is -2.25. The zero-order valence-corrected chi connectivity index (χ0v) is 27.1. The molecular weight excluding hydrogens is 572 g/mol. The first kappa shape index (κ1) is 33.9. The van der Waals surface area contributed by atoms with Gasteiger partial charge >= 0.3 is 5.97 Å². The van der Waals surface area contributed by atoms with Crippen LogP contribution in [0.1, 0.15) is 50.9 Å². The molecule has 236 valence electrons. The first-order valence-corrected chi connectivity index (χ1v) is 15.4. The van der Waals surface area contributed by atoms with Crippen LogP contribution in [-0.2, 0) is 17.9 Å². The van der Waals surface area contributed by atoms with Crippen LogP contribution in [0.25, 0.3) is 0 Å². The molecule has 46 heavy (non-hydrogen) atoms. The van der Waals surface area contributed by atoms with E-state index in [1.165, 1.54) is 22.3 Å². The summed E-state index contributed by atoms with van der Waals surface area (Å²) in [6, 6.07) is 27.2. The molecule has 0 aromatic heterocycles. The predicted molar refractivity (Wildman–Crippen MR) is 184 cm³/mol. The van der Waals surface area contributed by atoms with Crippen LogP contribution in [0.15, 0.2) is 84.9 Å². The molecule has 0 saturated heterocycles. The van der Waals surface area contributed by atoms with Crippen molar-refractivity contribution in [2.45, 2.75) is 53.2 Å². The second-order valence-corrected chi connectivity index (χ2v) is 11.6. The Hall–Kier alpha value is -5.01. The van der Waals surface area contributed by atoms with Crippen LogP contribution in [0, 0.1) is 51.4 Å². The Labute approximate surface area is 273 Å². The maximum atomic E-state index is 11.5. The highest BCUT2D eigenvalue weighted by Crippen LogP contribution is 2.24. The summed E-state index contributed by atoms with van der Waals surface area (Å²) in [6.45, 7) is 10.2. The molecule has 0 radical (unpaired) electrons. The van der Waals surface area contributed by atoms with Gasteiger partial charge in [0.2, 0.25) is 0 Å². The third kappa shape index (κ3) is 10.9. The summed E-state index contributed by atoms with van der Waals surface area (Å²) in [6.07, 6.45) is 0.296. The number of ether oxygens (including phenoxy) is 2. The Balaban J connectivity index is 1.47. The number of aliphatic carboxylic acids is 1. The van der Waals surface area contributed by atoms with Gasteiger partial charge in [0.05, 0.1) is 0 Å². The first-order valence-electron chi connectivity index (χ1n) is 15.4. The van der Waals surface area contributed by atoms with Gasteiger partial charge in [0.1, 0.15) is 30.8 Å². The SMILES string of the molecule is Cc1cc(C)cc(C#CCOc2ccccc2CN(CC[C@H](N)C(=O)O)Cc2ccccc2OCC#Cc2cc(C)cc(C)c2)c1. The van der Waals surface area contributed by atoms with Crippen molar-refractivity contribution in [1.82, 2.24) is 4.90 Å². The number of nitrogens with zero attached hydrogens (tertiary/aromatic N) is 1. The third-order valence-corrected chi connectivity index (χ3v) is 7.32. The summed E-state index contributed by atoms with van der Waals surface area (Å²) in [5, 5.41) is 9.42. The molecule has 3 N–H and O–H groups in total.